The Morgan fingerprint density at radius 2 is 2.18 bits per heavy atom. The molecule has 1 heteroatoms. The van der Waals surface area contributed by atoms with E-state index in [1.807, 2.05) is 0 Å². The number of ketones is 1. The molecule has 0 aromatic carbocycles. The van der Waals surface area contributed by atoms with Gasteiger partial charge in [0.15, 0.2) is 0 Å². The molecule has 1 aliphatic carbocycles. The second kappa shape index (κ2) is 4.12. The first-order chi connectivity index (χ1) is 5.34. The quantitative estimate of drug-likeness (QED) is 0.525. The van der Waals surface area contributed by atoms with Crippen LogP contribution < -0.4 is 0 Å². The van der Waals surface area contributed by atoms with E-state index in [-0.39, 0.29) is 5.92 Å². The van der Waals surface area contributed by atoms with Gasteiger partial charge in [-0.2, -0.15) is 0 Å². The van der Waals surface area contributed by atoms with Crippen LogP contribution in [0.25, 0.3) is 0 Å². The maximum Gasteiger partial charge on any atom is 0.140 e. The predicted octanol–water partition coefficient (Wildman–Crippen LogP) is 2.49. The summed E-state index contributed by atoms with van der Waals surface area (Å²) >= 11 is 0. The van der Waals surface area contributed by atoms with Gasteiger partial charge in [0.25, 0.3) is 0 Å². The van der Waals surface area contributed by atoms with Gasteiger partial charge < -0.3 is 0 Å². The van der Waals surface area contributed by atoms with Crippen molar-refractivity contribution in [2.45, 2.75) is 25.7 Å². The lowest BCUT2D eigenvalue weighted by molar-refractivity contribution is -0.121. The molecule has 0 amide bonds. The number of hydrogen-bond acceptors (Lipinski definition) is 1. The highest BCUT2D eigenvalue weighted by Gasteiger charge is 2.13. The number of allylic oxidation sites excluding steroid dienone is 3. The Hall–Kier alpha value is -0.850. The average molecular weight is 150 g/mol. The summed E-state index contributed by atoms with van der Waals surface area (Å²) in [7, 11) is 0. The highest BCUT2D eigenvalue weighted by Crippen LogP contribution is 2.15. The van der Waals surface area contributed by atoms with Crippen molar-refractivity contribution in [1.82, 2.24) is 0 Å². The van der Waals surface area contributed by atoms with Gasteiger partial charge in [-0.3, -0.25) is 4.79 Å². The summed E-state index contributed by atoms with van der Waals surface area (Å²) in [4.78, 5) is 11.3. The molecule has 11 heavy (non-hydrogen) atoms. The molecule has 1 nitrogen and oxygen atoms in total. The second-order valence-electron chi connectivity index (χ2n) is 2.90. The minimum Gasteiger partial charge on any atom is -0.299 e. The van der Waals surface area contributed by atoms with E-state index in [4.69, 9.17) is 0 Å². The molecule has 0 saturated heterocycles. The molecule has 0 saturated carbocycles. The summed E-state index contributed by atoms with van der Waals surface area (Å²) in [6.07, 6.45) is 9.58. The number of carbonyl (C=O) groups is 1. The normalized spacial score (nSPS) is 28.7. The van der Waals surface area contributed by atoms with Crippen LogP contribution in [0.1, 0.15) is 25.7 Å². The van der Waals surface area contributed by atoms with Crippen LogP contribution in [0.5, 0.6) is 0 Å². The lowest BCUT2D eigenvalue weighted by atomic mass is 9.93. The number of carbonyl (C=O) groups excluding carboxylic acids is 1. The molecule has 0 aliphatic heterocycles. The summed E-state index contributed by atoms with van der Waals surface area (Å²) in [5, 5.41) is 0. The van der Waals surface area contributed by atoms with Crippen LogP contribution in [0, 0.1) is 5.92 Å². The van der Waals surface area contributed by atoms with Crippen molar-refractivity contribution in [3.05, 3.63) is 24.8 Å². The lowest BCUT2D eigenvalue weighted by Crippen LogP contribution is -2.12. The molecule has 1 aliphatic rings. The fraction of sp³-hybridized carbons (Fsp3) is 0.500. The smallest absolute Gasteiger partial charge is 0.140 e. The molecule has 0 spiro atoms. The minimum atomic E-state index is 0.111. The highest BCUT2D eigenvalue weighted by molar-refractivity contribution is 5.82. The Bertz CT molecular complexity index is 179. The monoisotopic (exact) mass is 150 g/mol. The Balaban J connectivity index is 2.57. The zero-order valence-electron chi connectivity index (χ0n) is 6.75. The largest absolute Gasteiger partial charge is 0.299 e. The van der Waals surface area contributed by atoms with Crippen molar-refractivity contribution >= 4 is 5.78 Å². The summed E-state index contributed by atoms with van der Waals surface area (Å²) in [6, 6.07) is 0. The van der Waals surface area contributed by atoms with Gasteiger partial charge in [0.1, 0.15) is 5.78 Å². The molecule has 0 bridgehead atoms. The first kappa shape index (κ1) is 8.25. The molecule has 1 unspecified atom stereocenters. The van der Waals surface area contributed by atoms with E-state index in [1.165, 1.54) is 0 Å². The predicted molar refractivity (Wildman–Crippen MR) is 46.3 cm³/mol. The second-order valence-corrected chi connectivity index (χ2v) is 2.90. The molecule has 1 rings (SSSR count). The fourth-order valence-corrected chi connectivity index (χ4v) is 1.33. The van der Waals surface area contributed by atoms with E-state index >= 15 is 0 Å². The Morgan fingerprint density at radius 3 is 2.91 bits per heavy atom. The molecule has 1 atom stereocenters. The topological polar surface area (TPSA) is 17.1 Å². The number of Topliss-reactive ketones (excluding diaryl/α,β-unsaturated/α-hetero) is 1. The van der Waals surface area contributed by atoms with Crippen molar-refractivity contribution in [2.75, 3.05) is 0 Å². The van der Waals surface area contributed by atoms with E-state index in [0.29, 0.717) is 12.2 Å². The third-order valence-electron chi connectivity index (χ3n) is 2.07. The minimum absolute atomic E-state index is 0.111. The summed E-state index contributed by atoms with van der Waals surface area (Å²) in [5.74, 6) is 0.462. The van der Waals surface area contributed by atoms with E-state index in [1.54, 1.807) is 6.08 Å². The Labute approximate surface area is 67.8 Å². The van der Waals surface area contributed by atoms with Crippen molar-refractivity contribution in [3.63, 3.8) is 0 Å². The lowest BCUT2D eigenvalue weighted by Gasteiger charge is -2.10. The van der Waals surface area contributed by atoms with Crippen LogP contribution in [0.2, 0.25) is 0 Å². The van der Waals surface area contributed by atoms with Crippen LogP contribution in [0.15, 0.2) is 24.8 Å². The molecule has 0 radical (unpaired) electrons. The maximum absolute atomic E-state index is 11.3. The van der Waals surface area contributed by atoms with Gasteiger partial charge in [-0.15, -0.1) is 6.58 Å². The van der Waals surface area contributed by atoms with Crippen molar-refractivity contribution < 1.29 is 4.79 Å². The summed E-state index contributed by atoms with van der Waals surface area (Å²) < 4.78 is 0. The van der Waals surface area contributed by atoms with Crippen molar-refractivity contribution in [1.29, 1.82) is 0 Å². The standard InChI is InChI=1S/C10H14O/c1-2-9-7-5-3-4-6-8-10(9)11/h2-4,9H,1,5-8H2/b4-3-. The Kier molecular flexibility index (Phi) is 3.09. The zero-order chi connectivity index (χ0) is 8.10. The van der Waals surface area contributed by atoms with Crippen LogP contribution in [-0.2, 0) is 4.79 Å². The third-order valence-corrected chi connectivity index (χ3v) is 2.07. The van der Waals surface area contributed by atoms with Crippen LogP contribution in [0.4, 0.5) is 0 Å². The summed E-state index contributed by atoms with van der Waals surface area (Å²) in [5.41, 5.74) is 0. The molecular weight excluding hydrogens is 136 g/mol. The average Bonchev–Trinajstić information content (AvgIpc) is 1.98. The van der Waals surface area contributed by atoms with Gasteiger partial charge in [-0.25, -0.2) is 0 Å². The first-order valence-electron chi connectivity index (χ1n) is 4.15. The van der Waals surface area contributed by atoms with Gasteiger partial charge >= 0.3 is 0 Å². The highest BCUT2D eigenvalue weighted by atomic mass is 16.1. The summed E-state index contributed by atoms with van der Waals surface area (Å²) in [6.45, 7) is 3.66. The SMILES string of the molecule is C=CC1CC/C=C\CCC1=O. The van der Waals surface area contributed by atoms with E-state index < -0.39 is 0 Å². The van der Waals surface area contributed by atoms with Gasteiger partial charge in [-0.1, -0.05) is 18.2 Å². The van der Waals surface area contributed by atoms with Crippen LogP contribution in [0.3, 0.4) is 0 Å². The van der Waals surface area contributed by atoms with Gasteiger partial charge in [0.2, 0.25) is 0 Å². The van der Waals surface area contributed by atoms with Crippen molar-refractivity contribution in [3.8, 4) is 0 Å². The molecule has 0 heterocycles. The van der Waals surface area contributed by atoms with Crippen molar-refractivity contribution in [2.24, 2.45) is 5.92 Å². The molecule has 0 aromatic heterocycles. The molecule has 0 aromatic rings. The van der Waals surface area contributed by atoms with Gasteiger partial charge in [-0.05, 0) is 19.3 Å². The van der Waals surface area contributed by atoms with Gasteiger partial charge in [0.05, 0.1) is 0 Å². The van der Waals surface area contributed by atoms with Crippen LogP contribution in [-0.4, -0.2) is 5.78 Å². The van der Waals surface area contributed by atoms with Gasteiger partial charge in [0, 0.05) is 12.3 Å². The molecular formula is C10H14O. The Morgan fingerprint density at radius 1 is 1.45 bits per heavy atom. The number of rotatable bonds is 1. The van der Waals surface area contributed by atoms with E-state index in [2.05, 4.69) is 18.7 Å². The zero-order valence-corrected chi connectivity index (χ0v) is 6.75. The van der Waals surface area contributed by atoms with E-state index in [0.717, 1.165) is 19.3 Å². The third kappa shape index (κ3) is 2.34. The van der Waals surface area contributed by atoms with Crippen LogP contribution >= 0.6 is 0 Å². The maximum atomic E-state index is 11.3. The molecule has 0 N–H and O–H groups in total. The first-order valence-corrected chi connectivity index (χ1v) is 4.15. The molecule has 0 fully saturated rings. The molecule has 60 valence electrons. The fourth-order valence-electron chi connectivity index (χ4n) is 1.33. The number of hydrogen-bond donors (Lipinski definition) is 0. The van der Waals surface area contributed by atoms with E-state index in [9.17, 15) is 4.79 Å².